The molecular formula is C19H23NO3S. The first-order valence-corrected chi connectivity index (χ1v) is 9.06. The summed E-state index contributed by atoms with van der Waals surface area (Å²) in [7, 11) is 0. The van der Waals surface area contributed by atoms with Gasteiger partial charge in [-0.15, -0.1) is 11.3 Å². The van der Waals surface area contributed by atoms with Crippen molar-refractivity contribution < 1.29 is 14.3 Å². The van der Waals surface area contributed by atoms with Gasteiger partial charge in [0.15, 0.2) is 18.1 Å². The maximum atomic E-state index is 12.1. The van der Waals surface area contributed by atoms with Gasteiger partial charge in [0.1, 0.15) is 5.60 Å². The number of hydrogen-bond donors (Lipinski definition) is 1. The number of carbonyl (C=O) groups is 1. The van der Waals surface area contributed by atoms with Crippen LogP contribution in [-0.2, 0) is 17.6 Å². The molecule has 3 rings (SSSR count). The fraction of sp³-hybridized carbons (Fsp3) is 0.421. The Balaban J connectivity index is 1.53. The number of nitrogens with one attached hydrogen (secondary N) is 1. The van der Waals surface area contributed by atoms with Crippen molar-refractivity contribution in [1.82, 2.24) is 5.32 Å². The maximum absolute atomic E-state index is 12.1. The Hall–Kier alpha value is -2.01. The van der Waals surface area contributed by atoms with Gasteiger partial charge < -0.3 is 14.8 Å². The molecule has 0 fully saturated rings. The maximum Gasteiger partial charge on any atom is 0.258 e. The van der Waals surface area contributed by atoms with Crippen LogP contribution in [0.15, 0.2) is 35.7 Å². The van der Waals surface area contributed by atoms with Gasteiger partial charge in [0.2, 0.25) is 0 Å². The van der Waals surface area contributed by atoms with Gasteiger partial charge >= 0.3 is 0 Å². The second-order valence-electron chi connectivity index (χ2n) is 6.82. The minimum Gasteiger partial charge on any atom is -0.483 e. The monoisotopic (exact) mass is 345 g/mol. The lowest BCUT2D eigenvalue weighted by atomic mass is 10.0. The van der Waals surface area contributed by atoms with Gasteiger partial charge in [0, 0.05) is 29.3 Å². The van der Waals surface area contributed by atoms with Crippen LogP contribution in [0, 0.1) is 0 Å². The van der Waals surface area contributed by atoms with Crippen LogP contribution < -0.4 is 14.8 Å². The van der Waals surface area contributed by atoms with Crippen LogP contribution in [-0.4, -0.2) is 24.2 Å². The van der Waals surface area contributed by atoms with Crippen molar-refractivity contribution in [3.63, 3.8) is 0 Å². The van der Waals surface area contributed by atoms with E-state index in [-0.39, 0.29) is 24.2 Å². The highest BCUT2D eigenvalue weighted by Gasteiger charge is 2.32. The molecule has 4 nitrogen and oxygen atoms in total. The molecule has 1 N–H and O–H groups in total. The van der Waals surface area contributed by atoms with Crippen molar-refractivity contribution in [1.29, 1.82) is 0 Å². The molecule has 1 atom stereocenters. The Kier molecular flexibility index (Phi) is 4.81. The number of thiophene rings is 1. The van der Waals surface area contributed by atoms with Gasteiger partial charge in [-0.1, -0.05) is 18.2 Å². The van der Waals surface area contributed by atoms with Crippen molar-refractivity contribution in [3.8, 4) is 11.5 Å². The molecule has 24 heavy (non-hydrogen) atoms. The fourth-order valence-corrected chi connectivity index (χ4v) is 3.78. The Labute approximate surface area is 146 Å². The number of para-hydroxylation sites is 1. The van der Waals surface area contributed by atoms with Crippen LogP contribution in [0.5, 0.6) is 11.5 Å². The fourth-order valence-electron chi connectivity index (χ4n) is 2.94. The average molecular weight is 345 g/mol. The van der Waals surface area contributed by atoms with Crippen LogP contribution in [0.1, 0.15) is 31.2 Å². The highest BCUT2D eigenvalue weighted by molar-refractivity contribution is 7.09. The highest BCUT2D eigenvalue weighted by atomic mass is 32.1. The molecule has 0 bridgehead atoms. The van der Waals surface area contributed by atoms with Gasteiger partial charge in [0.25, 0.3) is 5.91 Å². The number of rotatable bonds is 6. The molecular weight excluding hydrogens is 322 g/mol. The molecule has 0 radical (unpaired) electrons. The molecule has 1 unspecified atom stereocenters. The zero-order chi connectivity index (χ0) is 17.2. The number of carbonyl (C=O) groups excluding carboxylic acids is 1. The van der Waals surface area contributed by atoms with Crippen molar-refractivity contribution in [2.45, 2.75) is 45.3 Å². The first-order chi connectivity index (χ1) is 11.4. The third kappa shape index (κ3) is 4.09. The first-order valence-electron chi connectivity index (χ1n) is 8.18. The lowest BCUT2D eigenvalue weighted by molar-refractivity contribution is -0.123. The van der Waals surface area contributed by atoms with Gasteiger partial charge in [-0.05, 0) is 38.3 Å². The van der Waals surface area contributed by atoms with E-state index < -0.39 is 0 Å². The molecule has 128 valence electrons. The predicted molar refractivity (Wildman–Crippen MR) is 96.0 cm³/mol. The molecule has 1 aromatic heterocycles. The molecule has 1 aliphatic heterocycles. The lowest BCUT2D eigenvalue weighted by Gasteiger charge is -2.18. The average Bonchev–Trinajstić information content (AvgIpc) is 3.10. The summed E-state index contributed by atoms with van der Waals surface area (Å²) in [5.74, 6) is 1.29. The molecule has 2 aromatic rings. The quantitative estimate of drug-likeness (QED) is 0.870. The molecule has 0 aliphatic carbocycles. The van der Waals surface area contributed by atoms with E-state index in [1.807, 2.05) is 36.6 Å². The second kappa shape index (κ2) is 6.85. The van der Waals surface area contributed by atoms with Gasteiger partial charge in [-0.3, -0.25) is 4.79 Å². The summed E-state index contributed by atoms with van der Waals surface area (Å²) >= 11 is 1.70. The predicted octanol–water partition coefficient (Wildman–Crippen LogP) is 3.59. The lowest BCUT2D eigenvalue weighted by Crippen LogP contribution is -2.37. The van der Waals surface area contributed by atoms with E-state index in [0.29, 0.717) is 5.75 Å². The molecule has 5 heteroatoms. The number of ether oxygens (including phenoxy) is 2. The van der Waals surface area contributed by atoms with Gasteiger partial charge in [-0.25, -0.2) is 0 Å². The van der Waals surface area contributed by atoms with Crippen LogP contribution in [0.4, 0.5) is 0 Å². The number of fused-ring (bicyclic) bond motifs is 1. The Morgan fingerprint density at radius 1 is 1.38 bits per heavy atom. The summed E-state index contributed by atoms with van der Waals surface area (Å²) in [6, 6.07) is 10.0. The molecule has 0 spiro atoms. The normalized spacial score (nSPS) is 16.1. The van der Waals surface area contributed by atoms with E-state index in [4.69, 9.17) is 9.47 Å². The van der Waals surface area contributed by atoms with Crippen molar-refractivity contribution in [2.75, 3.05) is 6.61 Å². The molecule has 1 aromatic carbocycles. The largest absolute Gasteiger partial charge is 0.483 e. The number of benzene rings is 1. The van der Waals surface area contributed by atoms with Crippen molar-refractivity contribution in [3.05, 3.63) is 46.2 Å². The smallest absolute Gasteiger partial charge is 0.258 e. The van der Waals surface area contributed by atoms with E-state index in [9.17, 15) is 4.79 Å². The number of amides is 1. The summed E-state index contributed by atoms with van der Waals surface area (Å²) in [5, 5.41) is 5.02. The third-order valence-electron chi connectivity index (χ3n) is 3.91. The minimum absolute atomic E-state index is 0.00494. The topological polar surface area (TPSA) is 47.6 Å². The summed E-state index contributed by atoms with van der Waals surface area (Å²) in [5.41, 5.74) is 0.906. The molecule has 2 heterocycles. The SMILES string of the molecule is CC(Cc1cccs1)NC(=O)COc1cccc2c1OC(C)(C)C2. The zero-order valence-corrected chi connectivity index (χ0v) is 15.1. The minimum atomic E-state index is -0.223. The standard InChI is InChI=1S/C19H23NO3S/c1-13(10-15-7-5-9-24-15)20-17(21)12-22-16-8-4-6-14-11-19(2,3)23-18(14)16/h4-9,13H,10-12H2,1-3H3,(H,20,21). The van der Waals surface area contributed by atoms with Crippen LogP contribution >= 0.6 is 11.3 Å². The van der Waals surface area contributed by atoms with E-state index in [1.54, 1.807) is 11.3 Å². The van der Waals surface area contributed by atoms with Gasteiger partial charge in [-0.2, -0.15) is 0 Å². The first kappa shape index (κ1) is 16.8. The Morgan fingerprint density at radius 3 is 2.96 bits per heavy atom. The summed E-state index contributed by atoms with van der Waals surface area (Å²) in [4.78, 5) is 13.4. The number of hydrogen-bond acceptors (Lipinski definition) is 4. The Morgan fingerprint density at radius 2 is 2.21 bits per heavy atom. The summed E-state index contributed by atoms with van der Waals surface area (Å²) in [6.45, 7) is 6.10. The van der Waals surface area contributed by atoms with Crippen molar-refractivity contribution >= 4 is 17.2 Å². The van der Waals surface area contributed by atoms with E-state index >= 15 is 0 Å². The van der Waals surface area contributed by atoms with Crippen LogP contribution in [0.2, 0.25) is 0 Å². The summed E-state index contributed by atoms with van der Waals surface area (Å²) in [6.07, 6.45) is 1.69. The van der Waals surface area contributed by atoms with Gasteiger partial charge in [0.05, 0.1) is 0 Å². The Bertz CT molecular complexity index is 709. The highest BCUT2D eigenvalue weighted by Crippen LogP contribution is 2.41. The zero-order valence-electron chi connectivity index (χ0n) is 14.3. The van der Waals surface area contributed by atoms with E-state index in [2.05, 4.69) is 25.2 Å². The second-order valence-corrected chi connectivity index (χ2v) is 7.86. The molecule has 1 aliphatic rings. The van der Waals surface area contributed by atoms with Crippen molar-refractivity contribution in [2.24, 2.45) is 0 Å². The van der Waals surface area contributed by atoms with Crippen LogP contribution in [0.25, 0.3) is 0 Å². The third-order valence-corrected chi connectivity index (χ3v) is 4.81. The van der Waals surface area contributed by atoms with E-state index in [1.165, 1.54) is 4.88 Å². The molecule has 0 saturated carbocycles. The van der Waals surface area contributed by atoms with E-state index in [0.717, 1.165) is 24.2 Å². The van der Waals surface area contributed by atoms with Crippen LogP contribution in [0.3, 0.4) is 0 Å². The molecule has 1 amide bonds. The molecule has 0 saturated heterocycles. The summed E-state index contributed by atoms with van der Waals surface area (Å²) < 4.78 is 11.7.